The number of hydrogen-bond acceptors (Lipinski definition) is 2. The second-order valence-electron chi connectivity index (χ2n) is 8.71. The van der Waals surface area contributed by atoms with Crippen molar-refractivity contribution < 1.29 is 9.59 Å². The Morgan fingerprint density at radius 2 is 1.78 bits per heavy atom. The van der Waals surface area contributed by atoms with E-state index in [-0.39, 0.29) is 17.9 Å². The highest BCUT2D eigenvalue weighted by atomic mass is 16.2. The number of fused-ring (bicyclic) bond motifs is 2. The van der Waals surface area contributed by atoms with Crippen LogP contribution >= 0.6 is 0 Å². The summed E-state index contributed by atoms with van der Waals surface area (Å²) in [4.78, 5) is 31.1. The summed E-state index contributed by atoms with van der Waals surface area (Å²) in [5, 5.41) is 4.15. The van der Waals surface area contributed by atoms with Gasteiger partial charge in [-0.2, -0.15) is 0 Å². The molecule has 2 amide bonds. The maximum absolute atomic E-state index is 13.3. The summed E-state index contributed by atoms with van der Waals surface area (Å²) >= 11 is 0. The van der Waals surface area contributed by atoms with Gasteiger partial charge in [-0.05, 0) is 31.0 Å². The molecule has 5 heteroatoms. The van der Waals surface area contributed by atoms with Gasteiger partial charge in [0.2, 0.25) is 5.91 Å². The van der Waals surface area contributed by atoms with Gasteiger partial charge in [0.25, 0.3) is 5.91 Å². The molecule has 0 radical (unpaired) electrons. The van der Waals surface area contributed by atoms with Gasteiger partial charge in [-0.3, -0.25) is 9.59 Å². The summed E-state index contributed by atoms with van der Waals surface area (Å²) in [5.74, 6) is 0.0151. The molecule has 0 saturated heterocycles. The van der Waals surface area contributed by atoms with Crippen LogP contribution < -0.4 is 5.32 Å². The van der Waals surface area contributed by atoms with E-state index in [1.165, 1.54) is 19.3 Å². The first-order chi connectivity index (χ1) is 15.6. The molecule has 5 nitrogen and oxygen atoms in total. The first-order valence-electron chi connectivity index (χ1n) is 11.9. The summed E-state index contributed by atoms with van der Waals surface area (Å²) < 4.78 is 0. The normalized spacial score (nSPS) is 15.4. The molecule has 2 aromatic carbocycles. The smallest absolute Gasteiger partial charge is 0.255 e. The molecule has 4 rings (SSSR count). The van der Waals surface area contributed by atoms with Gasteiger partial charge in [0.1, 0.15) is 0 Å². The van der Waals surface area contributed by atoms with Crippen molar-refractivity contribution >= 4 is 22.7 Å². The number of benzene rings is 2. The molecule has 0 spiro atoms. The van der Waals surface area contributed by atoms with Gasteiger partial charge in [0.05, 0.1) is 6.04 Å². The van der Waals surface area contributed by atoms with E-state index in [1.807, 2.05) is 41.3 Å². The number of hydrogen-bond donors (Lipinski definition) is 2. The van der Waals surface area contributed by atoms with Gasteiger partial charge < -0.3 is 15.2 Å². The van der Waals surface area contributed by atoms with E-state index in [0.717, 1.165) is 46.1 Å². The van der Waals surface area contributed by atoms with Gasteiger partial charge >= 0.3 is 0 Å². The molecular formula is C27H33N3O2. The summed E-state index contributed by atoms with van der Waals surface area (Å²) in [6.07, 6.45) is 6.16. The van der Waals surface area contributed by atoms with Crippen molar-refractivity contribution in [1.82, 2.24) is 15.2 Å². The van der Waals surface area contributed by atoms with Crippen LogP contribution in [0.2, 0.25) is 0 Å². The summed E-state index contributed by atoms with van der Waals surface area (Å²) in [7, 11) is 0. The van der Waals surface area contributed by atoms with E-state index in [4.69, 9.17) is 0 Å². The monoisotopic (exact) mass is 431 g/mol. The Hall–Kier alpha value is -3.08. The molecule has 1 aliphatic rings. The SMILES string of the molecule is CCCCCCCNC(=O)CCN1C(=O)c2ccccc2C1c1c(C)[nH]c2ccccc12. The lowest BCUT2D eigenvalue weighted by Gasteiger charge is -2.26. The topological polar surface area (TPSA) is 65.2 Å². The number of carbonyl (C=O) groups is 2. The van der Waals surface area contributed by atoms with Gasteiger partial charge in [-0.1, -0.05) is 69.0 Å². The van der Waals surface area contributed by atoms with Gasteiger partial charge in [-0.25, -0.2) is 0 Å². The Balaban J connectivity index is 1.50. The van der Waals surface area contributed by atoms with E-state index in [2.05, 4.69) is 36.3 Å². The van der Waals surface area contributed by atoms with Crippen LogP contribution in [0.3, 0.4) is 0 Å². The van der Waals surface area contributed by atoms with E-state index in [0.29, 0.717) is 19.5 Å². The van der Waals surface area contributed by atoms with Crippen LogP contribution in [0.15, 0.2) is 48.5 Å². The zero-order chi connectivity index (χ0) is 22.5. The zero-order valence-corrected chi connectivity index (χ0v) is 19.1. The van der Waals surface area contributed by atoms with Crippen molar-refractivity contribution in [2.24, 2.45) is 0 Å². The van der Waals surface area contributed by atoms with Gasteiger partial charge in [0.15, 0.2) is 0 Å². The lowest BCUT2D eigenvalue weighted by atomic mass is 9.95. The molecule has 0 aliphatic carbocycles. The maximum atomic E-state index is 13.3. The van der Waals surface area contributed by atoms with Gasteiger partial charge in [0, 0.05) is 47.2 Å². The fourth-order valence-electron chi connectivity index (χ4n) is 4.83. The van der Waals surface area contributed by atoms with Crippen LogP contribution in [0.4, 0.5) is 0 Å². The Morgan fingerprint density at radius 3 is 2.62 bits per heavy atom. The molecule has 168 valence electrons. The van der Waals surface area contributed by atoms with Gasteiger partial charge in [-0.15, -0.1) is 0 Å². The molecular weight excluding hydrogens is 398 g/mol. The van der Waals surface area contributed by atoms with E-state index >= 15 is 0 Å². The predicted molar refractivity (Wildman–Crippen MR) is 129 cm³/mol. The molecule has 1 aliphatic heterocycles. The Morgan fingerprint density at radius 1 is 1.03 bits per heavy atom. The molecule has 0 saturated carbocycles. The minimum Gasteiger partial charge on any atom is -0.358 e. The van der Waals surface area contributed by atoms with Crippen LogP contribution in [-0.2, 0) is 4.79 Å². The fraction of sp³-hybridized carbons (Fsp3) is 0.407. The first-order valence-corrected chi connectivity index (χ1v) is 11.9. The summed E-state index contributed by atoms with van der Waals surface area (Å²) in [6.45, 7) is 5.37. The number of unbranched alkanes of at least 4 members (excludes halogenated alkanes) is 4. The molecule has 2 N–H and O–H groups in total. The molecule has 3 aromatic rings. The number of rotatable bonds is 10. The number of para-hydroxylation sites is 1. The maximum Gasteiger partial charge on any atom is 0.255 e. The third kappa shape index (κ3) is 4.43. The summed E-state index contributed by atoms with van der Waals surface area (Å²) in [5.41, 5.74) is 5.00. The number of aryl methyl sites for hydroxylation is 1. The van der Waals surface area contributed by atoms with Crippen LogP contribution in [0.25, 0.3) is 10.9 Å². The van der Waals surface area contributed by atoms with Crippen LogP contribution in [-0.4, -0.2) is 34.8 Å². The average molecular weight is 432 g/mol. The quantitative estimate of drug-likeness (QED) is 0.416. The van der Waals surface area contributed by atoms with Crippen LogP contribution in [0.5, 0.6) is 0 Å². The standard InChI is InChI=1S/C27H33N3O2/c1-3-4-5-6-11-17-28-24(31)16-18-30-26(20-12-7-8-13-21(20)27(30)32)25-19(2)29-23-15-10-9-14-22(23)25/h7-10,12-15,26,29H,3-6,11,16-18H2,1-2H3,(H,28,31). The number of aromatic nitrogens is 1. The average Bonchev–Trinajstić information content (AvgIpc) is 3.27. The number of nitrogens with zero attached hydrogens (tertiary/aromatic N) is 1. The largest absolute Gasteiger partial charge is 0.358 e. The lowest BCUT2D eigenvalue weighted by molar-refractivity contribution is -0.121. The number of carbonyl (C=O) groups excluding carboxylic acids is 2. The number of H-pyrrole nitrogens is 1. The molecule has 32 heavy (non-hydrogen) atoms. The van der Waals surface area contributed by atoms with Crippen molar-refractivity contribution in [1.29, 1.82) is 0 Å². The van der Waals surface area contributed by atoms with E-state index in [1.54, 1.807) is 0 Å². The molecule has 1 atom stereocenters. The second-order valence-corrected chi connectivity index (χ2v) is 8.71. The predicted octanol–water partition coefficient (Wildman–Crippen LogP) is 5.50. The molecule has 1 aromatic heterocycles. The Kier molecular flexibility index (Phi) is 6.93. The fourth-order valence-corrected chi connectivity index (χ4v) is 4.83. The van der Waals surface area contributed by atoms with Crippen molar-refractivity contribution in [3.63, 3.8) is 0 Å². The van der Waals surface area contributed by atoms with Crippen LogP contribution in [0, 0.1) is 6.92 Å². The highest BCUT2D eigenvalue weighted by Crippen LogP contribution is 2.42. The number of nitrogens with one attached hydrogen (secondary N) is 2. The van der Waals surface area contributed by atoms with Crippen molar-refractivity contribution in [2.75, 3.05) is 13.1 Å². The molecule has 2 heterocycles. The van der Waals surface area contributed by atoms with Crippen molar-refractivity contribution in [3.8, 4) is 0 Å². The Bertz CT molecular complexity index is 1100. The Labute approximate surface area is 190 Å². The number of aromatic amines is 1. The molecule has 1 unspecified atom stereocenters. The van der Waals surface area contributed by atoms with Crippen molar-refractivity contribution in [2.45, 2.75) is 58.4 Å². The van der Waals surface area contributed by atoms with E-state index < -0.39 is 0 Å². The second kappa shape index (κ2) is 10.0. The third-order valence-corrected chi connectivity index (χ3v) is 6.46. The zero-order valence-electron chi connectivity index (χ0n) is 19.1. The lowest BCUT2D eigenvalue weighted by Crippen LogP contribution is -2.34. The molecule has 0 fully saturated rings. The molecule has 0 bridgehead atoms. The highest BCUT2D eigenvalue weighted by Gasteiger charge is 2.39. The minimum absolute atomic E-state index is 0.00245. The number of amides is 2. The first kappa shape index (κ1) is 22.1. The summed E-state index contributed by atoms with van der Waals surface area (Å²) in [6, 6.07) is 15.8. The van der Waals surface area contributed by atoms with Crippen LogP contribution in [0.1, 0.15) is 78.7 Å². The van der Waals surface area contributed by atoms with Crippen molar-refractivity contribution in [3.05, 3.63) is 70.9 Å². The third-order valence-electron chi connectivity index (χ3n) is 6.46. The minimum atomic E-state index is -0.184. The van der Waals surface area contributed by atoms with E-state index in [9.17, 15) is 9.59 Å². The highest BCUT2D eigenvalue weighted by molar-refractivity contribution is 6.01.